The van der Waals surface area contributed by atoms with Crippen LogP contribution in [-0.2, 0) is 0 Å². The largest absolute Gasteiger partial charge is 0.429 e. The van der Waals surface area contributed by atoms with Crippen LogP contribution in [0.1, 0.15) is 19.8 Å². The summed E-state index contributed by atoms with van der Waals surface area (Å²) in [5, 5.41) is 6.67. The Morgan fingerprint density at radius 2 is 2.00 bits per heavy atom. The molecule has 0 rings (SSSR count). The van der Waals surface area contributed by atoms with E-state index in [1.165, 1.54) is 0 Å². The number of halogens is 4. The van der Waals surface area contributed by atoms with Gasteiger partial charge in [0.1, 0.15) is 6.07 Å². The maximum atomic E-state index is 12.8. The predicted molar refractivity (Wildman–Crippen MR) is 47.2 cm³/mol. The van der Waals surface area contributed by atoms with Crippen molar-refractivity contribution in [2.75, 3.05) is 5.75 Å². The van der Waals surface area contributed by atoms with Crippen molar-refractivity contribution in [2.45, 2.75) is 25.9 Å². The Hall–Kier alpha value is -0.700. The zero-order valence-electron chi connectivity index (χ0n) is 7.49. The highest BCUT2D eigenvalue weighted by atomic mass is 32.2. The van der Waals surface area contributed by atoms with Gasteiger partial charge in [-0.05, 0) is 6.42 Å². The van der Waals surface area contributed by atoms with Crippen molar-refractivity contribution in [1.29, 1.82) is 5.26 Å². The minimum atomic E-state index is -4.89. The summed E-state index contributed by atoms with van der Waals surface area (Å²) in [4.78, 5) is 0. The Morgan fingerprint density at radius 3 is 2.36 bits per heavy atom. The summed E-state index contributed by atoms with van der Waals surface area (Å²) in [5.41, 5.74) is -1.74. The van der Waals surface area contributed by atoms with Gasteiger partial charge in [0.15, 0.2) is 10.7 Å². The van der Waals surface area contributed by atoms with E-state index >= 15 is 0 Å². The Balaban J connectivity index is 4.46. The Bertz CT molecular complexity index is 251. The molecule has 80 valence electrons. The highest BCUT2D eigenvalue weighted by Gasteiger charge is 2.37. The van der Waals surface area contributed by atoms with Crippen LogP contribution < -0.4 is 0 Å². The Morgan fingerprint density at radius 1 is 1.43 bits per heavy atom. The van der Waals surface area contributed by atoms with E-state index in [-0.39, 0.29) is 5.75 Å². The van der Waals surface area contributed by atoms with E-state index in [9.17, 15) is 17.6 Å². The molecule has 0 aliphatic rings. The summed E-state index contributed by atoms with van der Waals surface area (Å²) in [7, 11) is 0. The molecule has 0 radical (unpaired) electrons. The van der Waals surface area contributed by atoms with E-state index in [2.05, 4.69) is 0 Å². The highest BCUT2D eigenvalue weighted by Crippen LogP contribution is 2.33. The second-order valence-electron chi connectivity index (χ2n) is 2.46. The summed E-state index contributed by atoms with van der Waals surface area (Å²) < 4.78 is 48.6. The van der Waals surface area contributed by atoms with Crippen LogP contribution in [0.2, 0.25) is 0 Å². The average Bonchev–Trinajstić information content (AvgIpc) is 2.03. The summed E-state index contributed by atoms with van der Waals surface area (Å²) >= 11 is 0.431. The lowest BCUT2D eigenvalue weighted by atomic mass is 10.3. The fraction of sp³-hybridized carbons (Fsp3) is 0.625. The van der Waals surface area contributed by atoms with Crippen LogP contribution in [0.25, 0.3) is 0 Å². The Kier molecular flexibility index (Phi) is 5.62. The van der Waals surface area contributed by atoms with Gasteiger partial charge in [0, 0.05) is 5.75 Å². The normalized spacial score (nSPS) is 13.4. The number of hydrogen-bond acceptors (Lipinski definition) is 2. The molecule has 0 aliphatic heterocycles. The minimum Gasteiger partial charge on any atom is -0.198 e. The van der Waals surface area contributed by atoms with E-state index in [1.807, 2.05) is 6.92 Å². The van der Waals surface area contributed by atoms with Crippen LogP contribution in [0.15, 0.2) is 10.7 Å². The van der Waals surface area contributed by atoms with Crippen molar-refractivity contribution >= 4 is 11.8 Å². The van der Waals surface area contributed by atoms with Crippen LogP contribution in [0.4, 0.5) is 17.6 Å². The van der Waals surface area contributed by atoms with Crippen molar-refractivity contribution in [3.05, 3.63) is 10.7 Å². The molecule has 0 unspecified atom stereocenters. The predicted octanol–water partition coefficient (Wildman–Crippen LogP) is 3.79. The maximum absolute atomic E-state index is 12.8. The molecule has 0 atom stereocenters. The first-order chi connectivity index (χ1) is 6.43. The summed E-state index contributed by atoms with van der Waals surface area (Å²) in [6.07, 6.45) is -3.50. The number of rotatable bonds is 4. The van der Waals surface area contributed by atoms with Gasteiger partial charge in [0.25, 0.3) is 0 Å². The quantitative estimate of drug-likeness (QED) is 0.414. The third kappa shape index (κ3) is 4.51. The van der Waals surface area contributed by atoms with Gasteiger partial charge < -0.3 is 0 Å². The van der Waals surface area contributed by atoms with Gasteiger partial charge in [-0.1, -0.05) is 25.1 Å². The lowest BCUT2D eigenvalue weighted by Crippen LogP contribution is -2.11. The molecule has 0 heterocycles. The first-order valence-corrected chi connectivity index (χ1v) is 4.92. The van der Waals surface area contributed by atoms with Gasteiger partial charge in [-0.15, -0.1) is 0 Å². The molecule has 0 fully saturated rings. The summed E-state index contributed by atoms with van der Waals surface area (Å²) in [6.45, 7) is 1.84. The molecule has 1 nitrogen and oxygen atoms in total. The average molecular weight is 227 g/mol. The Labute approximate surface area is 83.8 Å². The van der Waals surface area contributed by atoms with Crippen LogP contribution in [-0.4, -0.2) is 11.9 Å². The number of nitrogens with zero attached hydrogens (tertiary/aromatic N) is 1. The van der Waals surface area contributed by atoms with Gasteiger partial charge in [-0.25, -0.2) is 0 Å². The molecule has 0 amide bonds. The first-order valence-electron chi connectivity index (χ1n) is 3.93. The molecule has 0 aliphatic carbocycles. The summed E-state index contributed by atoms with van der Waals surface area (Å²) in [5.74, 6) is 0.254. The number of alkyl halides is 3. The molecule has 14 heavy (non-hydrogen) atoms. The van der Waals surface area contributed by atoms with E-state index in [0.29, 0.717) is 18.2 Å². The van der Waals surface area contributed by atoms with Gasteiger partial charge in [-0.2, -0.15) is 22.8 Å². The molecular formula is C8H9F4NS. The van der Waals surface area contributed by atoms with Gasteiger partial charge in [-0.3, -0.25) is 0 Å². The second-order valence-corrected chi connectivity index (χ2v) is 3.52. The number of unbranched alkanes of at least 4 members (excludes halogenated alkanes) is 1. The van der Waals surface area contributed by atoms with E-state index in [1.54, 1.807) is 0 Å². The number of hydrogen-bond donors (Lipinski definition) is 0. The van der Waals surface area contributed by atoms with Crippen molar-refractivity contribution in [1.82, 2.24) is 0 Å². The molecule has 0 saturated heterocycles. The first kappa shape index (κ1) is 13.3. The number of thioether (sulfide) groups is 1. The van der Waals surface area contributed by atoms with Gasteiger partial charge in [0.05, 0.1) is 0 Å². The molecule has 0 N–H and O–H groups in total. The van der Waals surface area contributed by atoms with Crippen molar-refractivity contribution in [3.63, 3.8) is 0 Å². The topological polar surface area (TPSA) is 23.8 Å². The lowest BCUT2D eigenvalue weighted by molar-refractivity contribution is -0.0885. The van der Waals surface area contributed by atoms with Crippen molar-refractivity contribution in [2.24, 2.45) is 0 Å². The van der Waals surface area contributed by atoms with Gasteiger partial charge >= 0.3 is 6.18 Å². The molecule has 0 spiro atoms. The lowest BCUT2D eigenvalue weighted by Gasteiger charge is -2.05. The fourth-order valence-corrected chi connectivity index (χ4v) is 1.51. The molecule has 0 aromatic carbocycles. The third-order valence-electron chi connectivity index (χ3n) is 1.32. The molecular weight excluding hydrogens is 218 g/mol. The summed E-state index contributed by atoms with van der Waals surface area (Å²) in [6, 6.07) is 0.827. The van der Waals surface area contributed by atoms with Crippen molar-refractivity contribution in [3.8, 4) is 6.07 Å². The molecule has 6 heteroatoms. The molecule has 0 saturated carbocycles. The smallest absolute Gasteiger partial charge is 0.198 e. The van der Waals surface area contributed by atoms with E-state index in [4.69, 9.17) is 5.26 Å². The van der Waals surface area contributed by atoms with Crippen LogP contribution in [0, 0.1) is 11.3 Å². The third-order valence-corrected chi connectivity index (χ3v) is 2.27. The molecule has 0 aromatic heterocycles. The van der Waals surface area contributed by atoms with Crippen LogP contribution >= 0.6 is 11.8 Å². The second kappa shape index (κ2) is 5.91. The zero-order chi connectivity index (χ0) is 11.2. The molecule has 0 aromatic rings. The monoisotopic (exact) mass is 227 g/mol. The number of nitriles is 1. The SMILES string of the molecule is CCCCS/C(F)=C(/C#N)C(F)(F)F. The maximum Gasteiger partial charge on any atom is 0.429 e. The van der Waals surface area contributed by atoms with Crippen LogP contribution in [0.5, 0.6) is 0 Å². The molecule has 0 bridgehead atoms. The zero-order valence-corrected chi connectivity index (χ0v) is 8.31. The van der Waals surface area contributed by atoms with E-state index < -0.39 is 16.9 Å². The highest BCUT2D eigenvalue weighted by molar-refractivity contribution is 8.02. The fourth-order valence-electron chi connectivity index (χ4n) is 0.597. The van der Waals surface area contributed by atoms with Crippen LogP contribution in [0.3, 0.4) is 0 Å². The standard InChI is InChI=1S/C8H9F4NS/c1-2-3-4-14-7(9)6(5-13)8(10,11)12/h2-4H2,1H3/b7-6-. The minimum absolute atomic E-state index is 0.254. The van der Waals surface area contributed by atoms with Gasteiger partial charge in [0.2, 0.25) is 0 Å². The van der Waals surface area contributed by atoms with E-state index in [0.717, 1.165) is 12.5 Å². The number of allylic oxidation sites excluding steroid dienone is 1. The van der Waals surface area contributed by atoms with Crippen molar-refractivity contribution < 1.29 is 17.6 Å².